The van der Waals surface area contributed by atoms with Gasteiger partial charge in [-0.2, -0.15) is 0 Å². The summed E-state index contributed by atoms with van der Waals surface area (Å²) >= 11 is 6.40. The first-order valence-corrected chi connectivity index (χ1v) is 11.6. The van der Waals surface area contributed by atoms with Gasteiger partial charge in [-0.25, -0.2) is 0 Å². The van der Waals surface area contributed by atoms with Gasteiger partial charge in [-0.15, -0.1) is 0 Å². The average Bonchev–Trinajstić information content (AvgIpc) is 2.82. The number of carboxylic acids is 1. The van der Waals surface area contributed by atoms with E-state index in [0.29, 0.717) is 17.2 Å². The topological polar surface area (TPSA) is 79.7 Å². The van der Waals surface area contributed by atoms with Crippen molar-refractivity contribution in [3.05, 3.63) is 59.8 Å². The molecular formula is C26H29ClN2O4. The number of fused-ring (bicyclic) bond motifs is 1. The smallest absolute Gasteiger partial charge is 0.300 e. The highest BCUT2D eigenvalue weighted by molar-refractivity contribution is 6.33. The standard InChI is InChI=1S/C24H25ClN2O2.C2H4O2/c1-2-23(24(28)27-14-6-3-7-15-27)29-17-10-11-20-18(12-13-26-22(20)16-17)19-8-4-5-9-21(19)25;1-2(3)4/h4-5,8-13,16,23H,2-3,6-7,14-15H2,1H3;1H3,(H,3,4). The van der Waals surface area contributed by atoms with Crippen LogP contribution in [0.2, 0.25) is 5.02 Å². The molecule has 6 nitrogen and oxygen atoms in total. The summed E-state index contributed by atoms with van der Waals surface area (Å²) in [5, 5.41) is 9.13. The van der Waals surface area contributed by atoms with Crippen LogP contribution in [0, 0.1) is 0 Å². The molecule has 1 atom stereocenters. The largest absolute Gasteiger partial charge is 0.481 e. The summed E-state index contributed by atoms with van der Waals surface area (Å²) in [6.45, 7) is 4.74. The van der Waals surface area contributed by atoms with E-state index in [1.807, 2.05) is 60.4 Å². The van der Waals surface area contributed by atoms with Crippen molar-refractivity contribution in [2.24, 2.45) is 0 Å². The van der Waals surface area contributed by atoms with Gasteiger partial charge in [0, 0.05) is 48.2 Å². The van der Waals surface area contributed by atoms with Gasteiger partial charge < -0.3 is 14.7 Å². The lowest BCUT2D eigenvalue weighted by Crippen LogP contribution is -2.44. The van der Waals surface area contributed by atoms with E-state index in [1.54, 1.807) is 6.20 Å². The van der Waals surface area contributed by atoms with Gasteiger partial charge in [0.2, 0.25) is 0 Å². The van der Waals surface area contributed by atoms with Crippen molar-refractivity contribution in [1.29, 1.82) is 0 Å². The SMILES string of the molecule is CC(=O)O.CCC(Oc1ccc2c(-c3ccccc3Cl)ccnc2c1)C(=O)N1CCCCC1. The number of carboxylic acid groups (broad SMARTS) is 1. The van der Waals surface area contributed by atoms with Crippen LogP contribution in [0.5, 0.6) is 5.75 Å². The molecule has 1 aliphatic heterocycles. The van der Waals surface area contributed by atoms with Crippen molar-refractivity contribution in [2.75, 3.05) is 13.1 Å². The Morgan fingerprint density at radius 3 is 2.45 bits per heavy atom. The first kappa shape index (κ1) is 24.5. The maximum absolute atomic E-state index is 12.8. The van der Waals surface area contributed by atoms with Gasteiger partial charge in [-0.3, -0.25) is 14.6 Å². The minimum absolute atomic E-state index is 0.0880. The molecule has 0 bridgehead atoms. The molecule has 3 aromatic rings. The predicted octanol–water partition coefficient (Wildman–Crippen LogP) is 5.82. The summed E-state index contributed by atoms with van der Waals surface area (Å²) < 4.78 is 6.10. The van der Waals surface area contributed by atoms with Crippen molar-refractivity contribution in [2.45, 2.75) is 45.6 Å². The Balaban J connectivity index is 0.000000709. The second-order valence-electron chi connectivity index (χ2n) is 7.94. The van der Waals surface area contributed by atoms with E-state index in [1.165, 1.54) is 6.42 Å². The Morgan fingerprint density at radius 1 is 1.09 bits per heavy atom. The van der Waals surface area contributed by atoms with E-state index in [0.717, 1.165) is 54.9 Å². The third kappa shape index (κ3) is 6.45. The Bertz CT molecular complexity index is 1110. The molecule has 0 spiro atoms. The molecule has 1 N–H and O–H groups in total. The van der Waals surface area contributed by atoms with Gasteiger partial charge in [-0.05, 0) is 55.5 Å². The van der Waals surface area contributed by atoms with Crippen LogP contribution < -0.4 is 4.74 Å². The van der Waals surface area contributed by atoms with E-state index in [2.05, 4.69) is 4.98 Å². The zero-order valence-electron chi connectivity index (χ0n) is 19.0. The van der Waals surface area contributed by atoms with Crippen LogP contribution in [0.15, 0.2) is 54.7 Å². The molecule has 1 fully saturated rings. The summed E-state index contributed by atoms with van der Waals surface area (Å²) in [5.41, 5.74) is 2.82. The molecule has 1 aromatic heterocycles. The second-order valence-corrected chi connectivity index (χ2v) is 8.34. The molecule has 1 saturated heterocycles. The van der Waals surface area contributed by atoms with E-state index in [4.69, 9.17) is 26.2 Å². The monoisotopic (exact) mass is 468 g/mol. The van der Waals surface area contributed by atoms with Gasteiger partial charge in [0.15, 0.2) is 6.10 Å². The number of aliphatic carboxylic acids is 1. The molecule has 1 amide bonds. The number of pyridine rings is 1. The lowest BCUT2D eigenvalue weighted by molar-refractivity contribution is -0.139. The Hall–Kier alpha value is -3.12. The number of carbonyl (C=O) groups excluding carboxylic acids is 1. The number of benzene rings is 2. The molecule has 2 heterocycles. The second kappa shape index (κ2) is 11.7. The van der Waals surface area contributed by atoms with E-state index in [9.17, 15) is 4.79 Å². The summed E-state index contributed by atoms with van der Waals surface area (Å²) in [6, 6.07) is 15.6. The maximum Gasteiger partial charge on any atom is 0.300 e. The fourth-order valence-electron chi connectivity index (χ4n) is 3.91. The van der Waals surface area contributed by atoms with Gasteiger partial charge in [-0.1, -0.05) is 36.7 Å². The predicted molar refractivity (Wildman–Crippen MR) is 131 cm³/mol. The fourth-order valence-corrected chi connectivity index (χ4v) is 4.14. The summed E-state index contributed by atoms with van der Waals surface area (Å²) in [5.74, 6) is -0.0800. The highest BCUT2D eigenvalue weighted by Crippen LogP contribution is 2.34. The Morgan fingerprint density at radius 2 is 1.79 bits per heavy atom. The number of carbonyl (C=O) groups is 2. The van der Waals surface area contributed by atoms with E-state index in [-0.39, 0.29) is 5.91 Å². The average molecular weight is 469 g/mol. The summed E-state index contributed by atoms with van der Waals surface area (Å²) in [6.07, 6.45) is 5.31. The van der Waals surface area contributed by atoms with Crippen LogP contribution in [0.4, 0.5) is 0 Å². The number of likely N-dealkylation sites (tertiary alicyclic amines) is 1. The molecule has 7 heteroatoms. The lowest BCUT2D eigenvalue weighted by Gasteiger charge is -2.30. The number of halogens is 1. The molecule has 0 saturated carbocycles. The summed E-state index contributed by atoms with van der Waals surface area (Å²) in [7, 11) is 0. The highest BCUT2D eigenvalue weighted by Gasteiger charge is 2.26. The number of nitrogens with zero attached hydrogens (tertiary/aromatic N) is 2. The highest BCUT2D eigenvalue weighted by atomic mass is 35.5. The number of rotatable bonds is 5. The van der Waals surface area contributed by atoms with Crippen molar-refractivity contribution >= 4 is 34.4 Å². The number of amides is 1. The molecule has 0 radical (unpaired) electrons. The molecule has 4 rings (SSSR count). The molecule has 0 aliphatic carbocycles. The van der Waals surface area contributed by atoms with Gasteiger partial charge >= 0.3 is 0 Å². The first-order chi connectivity index (χ1) is 15.9. The van der Waals surface area contributed by atoms with Gasteiger partial charge in [0.25, 0.3) is 11.9 Å². The van der Waals surface area contributed by atoms with E-state index < -0.39 is 12.1 Å². The first-order valence-electron chi connectivity index (χ1n) is 11.2. The van der Waals surface area contributed by atoms with Crippen LogP contribution in [0.25, 0.3) is 22.0 Å². The third-order valence-electron chi connectivity index (χ3n) is 5.47. The third-order valence-corrected chi connectivity index (χ3v) is 5.80. The number of piperidine rings is 1. The zero-order valence-corrected chi connectivity index (χ0v) is 19.7. The van der Waals surface area contributed by atoms with Crippen molar-refractivity contribution in [1.82, 2.24) is 9.88 Å². The fraction of sp³-hybridized carbons (Fsp3) is 0.346. The molecule has 2 aromatic carbocycles. The molecule has 1 aliphatic rings. The van der Waals surface area contributed by atoms with Crippen molar-refractivity contribution in [3.8, 4) is 16.9 Å². The lowest BCUT2D eigenvalue weighted by atomic mass is 10.0. The molecular weight excluding hydrogens is 440 g/mol. The molecule has 1 unspecified atom stereocenters. The van der Waals surface area contributed by atoms with Gasteiger partial charge in [0.05, 0.1) is 5.52 Å². The van der Waals surface area contributed by atoms with Gasteiger partial charge in [0.1, 0.15) is 5.75 Å². The Kier molecular flexibility index (Phi) is 8.66. The molecule has 174 valence electrons. The molecule has 33 heavy (non-hydrogen) atoms. The minimum atomic E-state index is -0.833. The number of hydrogen-bond donors (Lipinski definition) is 1. The Labute approximate surface area is 199 Å². The quantitative estimate of drug-likeness (QED) is 0.510. The van der Waals surface area contributed by atoms with Crippen LogP contribution >= 0.6 is 11.6 Å². The zero-order chi connectivity index (χ0) is 23.8. The van der Waals surface area contributed by atoms with Crippen LogP contribution in [0.1, 0.15) is 39.5 Å². The van der Waals surface area contributed by atoms with Crippen molar-refractivity contribution in [3.63, 3.8) is 0 Å². The van der Waals surface area contributed by atoms with Crippen molar-refractivity contribution < 1.29 is 19.4 Å². The van der Waals surface area contributed by atoms with Crippen LogP contribution in [-0.2, 0) is 9.59 Å². The van der Waals surface area contributed by atoms with Crippen LogP contribution in [0.3, 0.4) is 0 Å². The summed E-state index contributed by atoms with van der Waals surface area (Å²) in [4.78, 5) is 28.3. The minimum Gasteiger partial charge on any atom is -0.481 e. The number of hydrogen-bond acceptors (Lipinski definition) is 4. The van der Waals surface area contributed by atoms with E-state index >= 15 is 0 Å². The number of aromatic nitrogens is 1. The van der Waals surface area contributed by atoms with Crippen LogP contribution in [-0.4, -0.2) is 46.1 Å². The number of ether oxygens (including phenoxy) is 1. The maximum atomic E-state index is 12.8. The normalized spacial score (nSPS) is 14.2.